The van der Waals surface area contributed by atoms with Gasteiger partial charge in [0, 0.05) is 5.56 Å². The van der Waals surface area contributed by atoms with Gasteiger partial charge in [-0.15, -0.1) is 0 Å². The molecule has 0 aliphatic carbocycles. The Bertz CT molecular complexity index is 963. The Morgan fingerprint density at radius 3 is 2.83 bits per heavy atom. The normalized spacial score (nSPS) is 11.2. The summed E-state index contributed by atoms with van der Waals surface area (Å²) in [5, 5.41) is 20.0. The van der Waals surface area contributed by atoms with E-state index < -0.39 is 5.84 Å². The number of hydrogen-bond acceptors (Lipinski definition) is 6. The number of nitrogens with zero attached hydrogens (tertiary/aromatic N) is 3. The highest BCUT2D eigenvalue weighted by atomic mass is 16.3. The van der Waals surface area contributed by atoms with E-state index in [1.807, 2.05) is 49.4 Å². The van der Waals surface area contributed by atoms with E-state index in [0.717, 1.165) is 16.6 Å². The number of rotatable bonds is 4. The van der Waals surface area contributed by atoms with E-state index >= 15 is 0 Å². The van der Waals surface area contributed by atoms with Gasteiger partial charge in [-0.25, -0.2) is 4.98 Å². The molecule has 3 rings (SSSR count). The molecule has 7 heteroatoms. The van der Waals surface area contributed by atoms with E-state index in [4.69, 9.17) is 20.8 Å². The number of para-hydroxylation sites is 2. The van der Waals surface area contributed by atoms with Crippen LogP contribution in [0.15, 0.2) is 52.0 Å². The van der Waals surface area contributed by atoms with E-state index in [2.05, 4.69) is 15.5 Å². The lowest BCUT2D eigenvalue weighted by atomic mass is 10.1. The predicted octanol–water partition coefficient (Wildman–Crippen LogP) is 3.03. The molecule has 118 valence electrons. The second kappa shape index (κ2) is 6.22. The molecular formula is C17H14N6O. The van der Waals surface area contributed by atoms with Gasteiger partial charge in [-0.2, -0.15) is 10.4 Å². The highest BCUT2D eigenvalue weighted by molar-refractivity contribution is 6.45. The summed E-state index contributed by atoms with van der Waals surface area (Å²) in [5.74, 6) is 0.105. The molecule has 0 bridgehead atoms. The highest BCUT2D eigenvalue weighted by Crippen LogP contribution is 2.27. The number of nitrogens with two attached hydrogens (primary N) is 1. The van der Waals surface area contributed by atoms with Gasteiger partial charge in [0.15, 0.2) is 11.4 Å². The summed E-state index contributed by atoms with van der Waals surface area (Å²) in [6, 6.07) is 14.9. The zero-order valence-corrected chi connectivity index (χ0v) is 12.9. The van der Waals surface area contributed by atoms with Crippen LogP contribution in [0, 0.1) is 23.7 Å². The smallest absolute Gasteiger partial charge is 0.227 e. The van der Waals surface area contributed by atoms with Gasteiger partial charge in [0.1, 0.15) is 11.6 Å². The van der Waals surface area contributed by atoms with Gasteiger partial charge in [0.25, 0.3) is 0 Å². The molecule has 0 fully saturated rings. The summed E-state index contributed by atoms with van der Waals surface area (Å²) in [4.78, 5) is 4.46. The van der Waals surface area contributed by atoms with Crippen molar-refractivity contribution in [2.75, 3.05) is 5.43 Å². The summed E-state index contributed by atoms with van der Waals surface area (Å²) in [5.41, 5.74) is 11.7. The van der Waals surface area contributed by atoms with E-state index in [9.17, 15) is 0 Å². The Balaban J connectivity index is 1.97. The molecule has 0 radical (unpaired) electrons. The maximum Gasteiger partial charge on any atom is 0.227 e. The average molecular weight is 318 g/mol. The lowest BCUT2D eigenvalue weighted by molar-refractivity contribution is 0.620. The van der Waals surface area contributed by atoms with Crippen LogP contribution in [0.25, 0.3) is 22.6 Å². The van der Waals surface area contributed by atoms with Crippen LogP contribution in [0.5, 0.6) is 0 Å². The van der Waals surface area contributed by atoms with Crippen LogP contribution in [-0.4, -0.2) is 16.5 Å². The number of nitrogens with one attached hydrogen (secondary N) is 2. The zero-order valence-electron chi connectivity index (χ0n) is 12.9. The fourth-order valence-electron chi connectivity index (χ4n) is 2.13. The number of oxazole rings is 1. The number of aromatic nitrogens is 1. The fraction of sp³-hybridized carbons (Fsp3) is 0.0588. The minimum atomic E-state index is -0.391. The first-order chi connectivity index (χ1) is 11.6. The van der Waals surface area contributed by atoms with E-state index in [1.54, 1.807) is 6.07 Å². The van der Waals surface area contributed by atoms with Crippen LogP contribution in [-0.2, 0) is 0 Å². The first kappa shape index (κ1) is 15.2. The Hall–Kier alpha value is -3.66. The number of fused-ring (bicyclic) bond motifs is 1. The Kier molecular flexibility index (Phi) is 3.95. The van der Waals surface area contributed by atoms with Gasteiger partial charge >= 0.3 is 0 Å². The third-order valence-electron chi connectivity index (χ3n) is 3.43. The molecule has 3 aromatic rings. The van der Waals surface area contributed by atoms with Crippen LogP contribution in [0.3, 0.4) is 0 Å². The Morgan fingerprint density at radius 2 is 2.12 bits per heavy atom. The maximum atomic E-state index is 8.89. The van der Waals surface area contributed by atoms with Crippen molar-refractivity contribution in [2.45, 2.75) is 6.92 Å². The second-order valence-corrected chi connectivity index (χ2v) is 5.11. The van der Waals surface area contributed by atoms with E-state index in [0.29, 0.717) is 17.2 Å². The summed E-state index contributed by atoms with van der Waals surface area (Å²) in [6.45, 7) is 1.90. The van der Waals surface area contributed by atoms with Gasteiger partial charge in [-0.3, -0.25) is 10.8 Å². The van der Waals surface area contributed by atoms with Gasteiger partial charge < -0.3 is 10.2 Å². The molecule has 1 aromatic heterocycles. The third kappa shape index (κ3) is 2.94. The minimum absolute atomic E-state index is 0.179. The standard InChI is InChI=1S/C17H14N6O/c1-10-6-7-11(8-13(10)22-23-14(9-18)16(19)20)17-21-12-4-2-3-5-15(12)24-17/h2-8,22H,1H3,(H3,19,20)/b23-14+. The molecule has 0 aliphatic heterocycles. The van der Waals surface area contributed by atoms with Crippen molar-refractivity contribution in [3.05, 3.63) is 48.0 Å². The number of nitriles is 1. The number of hydrogen-bond donors (Lipinski definition) is 3. The number of anilines is 1. The number of amidine groups is 1. The fourth-order valence-corrected chi connectivity index (χ4v) is 2.13. The van der Waals surface area contributed by atoms with Crippen LogP contribution in [0.2, 0.25) is 0 Å². The summed E-state index contributed by atoms with van der Waals surface area (Å²) in [7, 11) is 0. The van der Waals surface area contributed by atoms with Crippen LogP contribution < -0.4 is 11.2 Å². The molecule has 0 aliphatic rings. The zero-order chi connectivity index (χ0) is 17.1. The molecule has 0 atom stereocenters. The highest BCUT2D eigenvalue weighted by Gasteiger charge is 2.10. The molecule has 0 spiro atoms. The molecule has 0 amide bonds. The topological polar surface area (TPSA) is 124 Å². The number of benzene rings is 2. The summed E-state index contributed by atoms with van der Waals surface area (Å²) >= 11 is 0. The first-order valence-corrected chi connectivity index (χ1v) is 7.13. The average Bonchev–Trinajstić information content (AvgIpc) is 3.00. The monoisotopic (exact) mass is 318 g/mol. The third-order valence-corrected chi connectivity index (χ3v) is 3.43. The summed E-state index contributed by atoms with van der Waals surface area (Å²) < 4.78 is 5.75. The Labute approximate surface area is 137 Å². The molecule has 4 N–H and O–H groups in total. The van der Waals surface area contributed by atoms with Crippen molar-refractivity contribution < 1.29 is 4.42 Å². The van der Waals surface area contributed by atoms with Gasteiger partial charge in [0.2, 0.25) is 11.6 Å². The second-order valence-electron chi connectivity index (χ2n) is 5.11. The van der Waals surface area contributed by atoms with Gasteiger partial charge in [-0.1, -0.05) is 18.2 Å². The maximum absolute atomic E-state index is 8.89. The molecule has 2 aromatic carbocycles. The molecular weight excluding hydrogens is 304 g/mol. The first-order valence-electron chi connectivity index (χ1n) is 7.13. The van der Waals surface area contributed by atoms with Crippen molar-refractivity contribution >= 4 is 28.3 Å². The molecule has 0 saturated carbocycles. The quantitative estimate of drug-likeness (QED) is 0.387. The molecule has 24 heavy (non-hydrogen) atoms. The van der Waals surface area contributed by atoms with Gasteiger partial charge in [0.05, 0.1) is 5.69 Å². The van der Waals surface area contributed by atoms with Crippen LogP contribution >= 0.6 is 0 Å². The number of hydrazone groups is 1. The van der Waals surface area contributed by atoms with E-state index in [-0.39, 0.29) is 5.71 Å². The van der Waals surface area contributed by atoms with Gasteiger partial charge in [-0.05, 0) is 36.8 Å². The van der Waals surface area contributed by atoms with Crippen molar-refractivity contribution in [2.24, 2.45) is 10.8 Å². The molecule has 0 unspecified atom stereocenters. The van der Waals surface area contributed by atoms with Crippen LogP contribution in [0.1, 0.15) is 5.56 Å². The largest absolute Gasteiger partial charge is 0.436 e. The molecule has 7 nitrogen and oxygen atoms in total. The van der Waals surface area contributed by atoms with Crippen molar-refractivity contribution in [1.82, 2.24) is 4.98 Å². The lowest BCUT2D eigenvalue weighted by Gasteiger charge is -2.07. The SMILES string of the molecule is Cc1ccc(-c2nc3ccccc3o2)cc1N/N=C(\C#N)C(=N)N. The van der Waals surface area contributed by atoms with Crippen molar-refractivity contribution in [3.8, 4) is 17.5 Å². The molecule has 1 heterocycles. The number of aryl methyl sites for hydroxylation is 1. The molecule has 0 saturated heterocycles. The summed E-state index contributed by atoms with van der Waals surface area (Å²) in [6.07, 6.45) is 0. The Morgan fingerprint density at radius 1 is 1.33 bits per heavy atom. The lowest BCUT2D eigenvalue weighted by Crippen LogP contribution is -2.21. The predicted molar refractivity (Wildman–Crippen MR) is 92.8 cm³/mol. The van der Waals surface area contributed by atoms with Crippen molar-refractivity contribution in [1.29, 1.82) is 10.7 Å². The minimum Gasteiger partial charge on any atom is -0.436 e. The van der Waals surface area contributed by atoms with Crippen LogP contribution in [0.4, 0.5) is 5.69 Å². The van der Waals surface area contributed by atoms with Crippen molar-refractivity contribution in [3.63, 3.8) is 0 Å². The van der Waals surface area contributed by atoms with E-state index in [1.165, 1.54) is 0 Å².